The molecule has 0 spiro atoms. The molecular weight excluding hydrogens is 250 g/mol. The monoisotopic (exact) mass is 273 g/mol. The Kier molecular flexibility index (Phi) is 3.79. The number of hydrogen-bond acceptors (Lipinski definition) is 3. The maximum absolute atomic E-state index is 12.3. The van der Waals surface area contributed by atoms with Crippen LogP contribution in [0.15, 0.2) is 30.3 Å². The first-order valence-corrected chi connectivity index (χ1v) is 7.54. The summed E-state index contributed by atoms with van der Waals surface area (Å²) in [5.41, 5.74) is 1.33. The van der Waals surface area contributed by atoms with Gasteiger partial charge in [-0.25, -0.2) is 0 Å². The lowest BCUT2D eigenvalue weighted by Gasteiger charge is -2.41. The normalized spacial score (nSPS) is 33.1. The van der Waals surface area contributed by atoms with Crippen molar-refractivity contribution in [1.82, 2.24) is 4.90 Å². The van der Waals surface area contributed by atoms with Crippen molar-refractivity contribution in [1.29, 1.82) is 0 Å². The number of rotatable bonds is 3. The molecule has 0 N–H and O–H groups in total. The highest BCUT2D eigenvalue weighted by Crippen LogP contribution is 2.43. The zero-order chi connectivity index (χ0) is 14.1. The van der Waals surface area contributed by atoms with Crippen LogP contribution in [0.3, 0.4) is 0 Å². The van der Waals surface area contributed by atoms with E-state index >= 15 is 0 Å². The van der Waals surface area contributed by atoms with Crippen LogP contribution in [0.1, 0.15) is 24.8 Å². The molecule has 2 bridgehead atoms. The average molecular weight is 273 g/mol. The molecule has 1 aromatic carbocycles. The smallest absolute Gasteiger partial charge is 0.310 e. The lowest BCUT2D eigenvalue weighted by Crippen LogP contribution is -2.50. The topological polar surface area (TPSA) is 29.5 Å². The highest BCUT2D eigenvalue weighted by molar-refractivity contribution is 5.74. The highest BCUT2D eigenvalue weighted by atomic mass is 16.5. The number of fused-ring (bicyclic) bond motifs is 2. The Morgan fingerprint density at radius 1 is 1.30 bits per heavy atom. The van der Waals surface area contributed by atoms with E-state index in [0.717, 1.165) is 19.3 Å². The largest absolute Gasteiger partial charge is 0.469 e. The molecule has 2 fully saturated rings. The van der Waals surface area contributed by atoms with Gasteiger partial charge in [-0.1, -0.05) is 30.3 Å². The van der Waals surface area contributed by atoms with E-state index in [9.17, 15) is 4.79 Å². The second-order valence-electron chi connectivity index (χ2n) is 6.20. The Morgan fingerprint density at radius 2 is 2.05 bits per heavy atom. The third-order valence-electron chi connectivity index (χ3n) is 5.21. The third-order valence-corrected chi connectivity index (χ3v) is 5.21. The number of methoxy groups -OCH3 is 1. The van der Waals surface area contributed by atoms with Crippen LogP contribution in [0.5, 0.6) is 0 Å². The number of esters is 1. The van der Waals surface area contributed by atoms with Gasteiger partial charge in [0.05, 0.1) is 13.0 Å². The number of carbonyl (C=O) groups is 1. The second kappa shape index (κ2) is 5.57. The Hall–Kier alpha value is -1.35. The van der Waals surface area contributed by atoms with Crippen molar-refractivity contribution in [3.05, 3.63) is 35.9 Å². The van der Waals surface area contributed by atoms with Crippen LogP contribution in [-0.4, -0.2) is 37.1 Å². The number of carbonyl (C=O) groups excluding carboxylic acids is 1. The molecular formula is C17H23NO2. The van der Waals surface area contributed by atoms with Gasteiger partial charge in [0.2, 0.25) is 0 Å². The van der Waals surface area contributed by atoms with E-state index in [1.807, 2.05) is 6.07 Å². The van der Waals surface area contributed by atoms with Gasteiger partial charge in [-0.2, -0.15) is 0 Å². The summed E-state index contributed by atoms with van der Waals surface area (Å²) in [4.78, 5) is 14.7. The van der Waals surface area contributed by atoms with E-state index in [-0.39, 0.29) is 11.9 Å². The molecule has 1 aromatic rings. The van der Waals surface area contributed by atoms with E-state index in [0.29, 0.717) is 18.0 Å². The van der Waals surface area contributed by atoms with Crippen molar-refractivity contribution in [2.24, 2.45) is 11.8 Å². The van der Waals surface area contributed by atoms with Crippen LogP contribution in [0.25, 0.3) is 0 Å². The van der Waals surface area contributed by atoms with Crippen molar-refractivity contribution in [2.75, 3.05) is 14.2 Å². The van der Waals surface area contributed by atoms with E-state index in [2.05, 4.69) is 36.2 Å². The third kappa shape index (κ3) is 2.35. The lowest BCUT2D eigenvalue weighted by atomic mass is 9.77. The minimum absolute atomic E-state index is 0.0249. The van der Waals surface area contributed by atoms with Crippen LogP contribution in [0.2, 0.25) is 0 Å². The summed E-state index contributed by atoms with van der Waals surface area (Å²) in [7, 11) is 3.68. The molecule has 3 nitrogen and oxygen atoms in total. The maximum Gasteiger partial charge on any atom is 0.310 e. The van der Waals surface area contributed by atoms with Gasteiger partial charge in [-0.05, 0) is 44.2 Å². The zero-order valence-electron chi connectivity index (χ0n) is 12.3. The van der Waals surface area contributed by atoms with E-state index < -0.39 is 0 Å². The predicted octanol–water partition coefficient (Wildman–Crippen LogP) is 2.50. The zero-order valence-corrected chi connectivity index (χ0v) is 12.3. The van der Waals surface area contributed by atoms with Gasteiger partial charge in [-0.3, -0.25) is 9.69 Å². The van der Waals surface area contributed by atoms with Crippen molar-refractivity contribution in [3.8, 4) is 0 Å². The van der Waals surface area contributed by atoms with Gasteiger partial charge < -0.3 is 4.74 Å². The summed E-state index contributed by atoms with van der Waals surface area (Å²) in [6.07, 6.45) is 4.45. The first-order valence-electron chi connectivity index (χ1n) is 7.54. The Balaban J connectivity index is 1.82. The minimum atomic E-state index is -0.0249. The molecule has 2 unspecified atom stereocenters. The molecule has 0 aromatic heterocycles. The first-order chi connectivity index (χ1) is 9.70. The van der Waals surface area contributed by atoms with Gasteiger partial charge in [0.1, 0.15) is 0 Å². The van der Waals surface area contributed by atoms with Gasteiger partial charge in [-0.15, -0.1) is 0 Å². The molecule has 2 aliphatic heterocycles. The highest BCUT2D eigenvalue weighted by Gasteiger charge is 2.48. The summed E-state index contributed by atoms with van der Waals surface area (Å²) in [5, 5.41) is 0. The lowest BCUT2D eigenvalue weighted by molar-refractivity contribution is -0.152. The summed E-state index contributed by atoms with van der Waals surface area (Å²) in [5.74, 6) is 0.422. The van der Waals surface area contributed by atoms with Gasteiger partial charge in [0, 0.05) is 12.1 Å². The Bertz CT molecular complexity index is 473. The number of piperidine rings is 1. The molecule has 108 valence electrons. The van der Waals surface area contributed by atoms with E-state index in [1.54, 1.807) is 0 Å². The summed E-state index contributed by atoms with van der Waals surface area (Å²) in [6.45, 7) is 0. The van der Waals surface area contributed by atoms with E-state index in [1.165, 1.54) is 19.1 Å². The number of nitrogens with zero attached hydrogens (tertiary/aromatic N) is 1. The fraction of sp³-hybridized carbons (Fsp3) is 0.588. The van der Waals surface area contributed by atoms with Crippen LogP contribution in [0.4, 0.5) is 0 Å². The van der Waals surface area contributed by atoms with Crippen LogP contribution >= 0.6 is 0 Å². The molecule has 3 heteroatoms. The first kappa shape index (κ1) is 13.6. The molecule has 0 aliphatic carbocycles. The van der Waals surface area contributed by atoms with Crippen molar-refractivity contribution in [2.45, 2.75) is 37.8 Å². The summed E-state index contributed by atoms with van der Waals surface area (Å²) in [6, 6.07) is 11.5. The fourth-order valence-electron chi connectivity index (χ4n) is 4.18. The standard InChI is InChI=1S/C17H23NO2/c1-18-14-8-9-15(18)16(17(19)20-2)13(11-14)10-12-6-4-3-5-7-12/h3-7,13-16H,8-11H2,1-2H3/t13?,14-,15+,16?/m0/s1. The molecule has 2 aliphatic rings. The average Bonchev–Trinajstić information content (AvgIpc) is 2.72. The Labute approximate surface area is 120 Å². The van der Waals surface area contributed by atoms with Crippen LogP contribution < -0.4 is 0 Å². The van der Waals surface area contributed by atoms with Gasteiger partial charge in [0.15, 0.2) is 0 Å². The number of hydrogen-bond donors (Lipinski definition) is 0. The molecule has 0 radical (unpaired) electrons. The molecule has 0 saturated carbocycles. The number of ether oxygens (including phenoxy) is 1. The SMILES string of the molecule is COC(=O)C1C(Cc2ccccc2)C[C@@H]2CC[C@H]1N2C. The molecule has 4 atom stereocenters. The van der Waals surface area contributed by atoms with Gasteiger partial charge in [0.25, 0.3) is 0 Å². The van der Waals surface area contributed by atoms with E-state index in [4.69, 9.17) is 4.74 Å². The Morgan fingerprint density at radius 3 is 2.75 bits per heavy atom. The van der Waals surface area contributed by atoms with Crippen LogP contribution in [-0.2, 0) is 16.0 Å². The molecule has 0 amide bonds. The van der Waals surface area contributed by atoms with Crippen molar-refractivity contribution in [3.63, 3.8) is 0 Å². The van der Waals surface area contributed by atoms with Crippen LogP contribution in [0, 0.1) is 11.8 Å². The molecule has 3 rings (SSSR count). The summed E-state index contributed by atoms with van der Waals surface area (Å²) < 4.78 is 5.09. The van der Waals surface area contributed by atoms with Gasteiger partial charge >= 0.3 is 5.97 Å². The maximum atomic E-state index is 12.3. The minimum Gasteiger partial charge on any atom is -0.469 e. The fourth-order valence-corrected chi connectivity index (χ4v) is 4.18. The summed E-state index contributed by atoms with van der Waals surface area (Å²) >= 11 is 0. The molecule has 2 heterocycles. The van der Waals surface area contributed by atoms with Crippen molar-refractivity contribution >= 4 is 5.97 Å². The quantitative estimate of drug-likeness (QED) is 0.793. The molecule has 2 saturated heterocycles. The number of benzene rings is 1. The second-order valence-corrected chi connectivity index (χ2v) is 6.20. The molecule has 20 heavy (non-hydrogen) atoms. The predicted molar refractivity (Wildman–Crippen MR) is 78.3 cm³/mol. The van der Waals surface area contributed by atoms with Crippen molar-refractivity contribution < 1.29 is 9.53 Å².